The monoisotopic (exact) mass is 270 g/mol. The number of hydrogen-bond donors (Lipinski definition) is 0. The van der Waals surface area contributed by atoms with E-state index in [4.69, 9.17) is 4.74 Å². The van der Waals surface area contributed by atoms with Gasteiger partial charge in [-0.2, -0.15) is 5.10 Å². The molecule has 1 atom stereocenters. The number of aldehydes is 1. The lowest BCUT2D eigenvalue weighted by Gasteiger charge is -2.26. The van der Waals surface area contributed by atoms with Gasteiger partial charge in [0, 0.05) is 18.2 Å². The molecule has 0 saturated heterocycles. The van der Waals surface area contributed by atoms with Crippen LogP contribution in [0.3, 0.4) is 0 Å². The second kappa shape index (κ2) is 5.12. The van der Waals surface area contributed by atoms with Crippen LogP contribution in [0.2, 0.25) is 0 Å². The van der Waals surface area contributed by atoms with E-state index in [-0.39, 0.29) is 0 Å². The van der Waals surface area contributed by atoms with Crippen molar-refractivity contribution in [2.45, 2.75) is 32.7 Å². The van der Waals surface area contributed by atoms with Crippen molar-refractivity contribution in [3.05, 3.63) is 46.8 Å². The minimum Gasteiger partial charge on any atom is -0.493 e. The van der Waals surface area contributed by atoms with Crippen LogP contribution in [0.15, 0.2) is 24.3 Å². The molecule has 0 fully saturated rings. The predicted octanol–water partition coefficient (Wildman–Crippen LogP) is 2.88. The third-order valence-corrected chi connectivity index (χ3v) is 4.03. The molecule has 0 bridgehead atoms. The summed E-state index contributed by atoms with van der Waals surface area (Å²) >= 11 is 0. The van der Waals surface area contributed by atoms with Gasteiger partial charge >= 0.3 is 0 Å². The highest BCUT2D eigenvalue weighted by molar-refractivity contribution is 5.78. The van der Waals surface area contributed by atoms with Gasteiger partial charge in [-0.25, -0.2) is 0 Å². The van der Waals surface area contributed by atoms with E-state index in [0.29, 0.717) is 11.5 Å². The SMILES string of the molecule is Cc1nn(CC2CCOc3ccccc32)c(C)c1C=O. The summed E-state index contributed by atoms with van der Waals surface area (Å²) < 4.78 is 7.64. The standard InChI is InChI=1S/C16H18N2O2/c1-11-15(10-19)12(2)18(17-11)9-13-7-8-20-16-6-4-3-5-14(13)16/h3-6,10,13H,7-9H2,1-2H3. The Bertz CT molecular complexity index is 646. The number of rotatable bonds is 3. The summed E-state index contributed by atoms with van der Waals surface area (Å²) in [5.41, 5.74) is 3.70. The second-order valence-electron chi connectivity index (χ2n) is 5.26. The Balaban J connectivity index is 1.91. The predicted molar refractivity (Wildman–Crippen MR) is 76.4 cm³/mol. The first-order valence-corrected chi connectivity index (χ1v) is 6.91. The Labute approximate surface area is 118 Å². The van der Waals surface area contributed by atoms with Crippen LogP contribution in [-0.4, -0.2) is 22.7 Å². The molecule has 1 unspecified atom stereocenters. The van der Waals surface area contributed by atoms with Crippen molar-refractivity contribution in [2.75, 3.05) is 6.61 Å². The number of aromatic nitrogens is 2. The third-order valence-electron chi connectivity index (χ3n) is 4.03. The minimum absolute atomic E-state index is 0.387. The van der Waals surface area contributed by atoms with Crippen LogP contribution in [0.4, 0.5) is 0 Å². The Morgan fingerprint density at radius 2 is 2.20 bits per heavy atom. The van der Waals surface area contributed by atoms with Gasteiger partial charge in [0.05, 0.1) is 17.9 Å². The summed E-state index contributed by atoms with van der Waals surface area (Å²) in [6.07, 6.45) is 1.87. The van der Waals surface area contributed by atoms with E-state index < -0.39 is 0 Å². The largest absolute Gasteiger partial charge is 0.493 e. The lowest BCUT2D eigenvalue weighted by Crippen LogP contribution is -2.19. The number of hydrogen-bond acceptors (Lipinski definition) is 3. The molecule has 104 valence electrons. The number of carbonyl (C=O) groups is 1. The quantitative estimate of drug-likeness (QED) is 0.805. The Kier molecular flexibility index (Phi) is 3.30. The molecule has 4 heteroatoms. The fourth-order valence-corrected chi connectivity index (χ4v) is 2.87. The molecular weight excluding hydrogens is 252 g/mol. The average Bonchev–Trinajstić information content (AvgIpc) is 2.73. The molecule has 2 aromatic rings. The first-order valence-electron chi connectivity index (χ1n) is 6.91. The van der Waals surface area contributed by atoms with Crippen LogP contribution >= 0.6 is 0 Å². The van der Waals surface area contributed by atoms with Gasteiger partial charge in [-0.3, -0.25) is 9.48 Å². The minimum atomic E-state index is 0.387. The number of fused-ring (bicyclic) bond motifs is 1. The Morgan fingerprint density at radius 1 is 1.40 bits per heavy atom. The normalized spacial score (nSPS) is 17.4. The topological polar surface area (TPSA) is 44.1 Å². The second-order valence-corrected chi connectivity index (χ2v) is 5.26. The number of aryl methyl sites for hydroxylation is 1. The van der Waals surface area contributed by atoms with Crippen molar-refractivity contribution in [1.29, 1.82) is 0 Å². The average molecular weight is 270 g/mol. The van der Waals surface area contributed by atoms with E-state index in [0.717, 1.165) is 43.0 Å². The van der Waals surface area contributed by atoms with E-state index in [2.05, 4.69) is 11.2 Å². The van der Waals surface area contributed by atoms with Crippen LogP contribution < -0.4 is 4.74 Å². The summed E-state index contributed by atoms with van der Waals surface area (Å²) in [4.78, 5) is 11.1. The van der Waals surface area contributed by atoms with Gasteiger partial charge in [0.15, 0.2) is 6.29 Å². The van der Waals surface area contributed by atoms with Gasteiger partial charge in [-0.05, 0) is 31.9 Å². The van der Waals surface area contributed by atoms with E-state index in [9.17, 15) is 4.79 Å². The maximum Gasteiger partial charge on any atom is 0.153 e. The number of benzene rings is 1. The molecule has 0 N–H and O–H groups in total. The summed E-state index contributed by atoms with van der Waals surface area (Å²) in [5.74, 6) is 1.36. The molecule has 20 heavy (non-hydrogen) atoms. The molecule has 0 saturated carbocycles. The van der Waals surface area contributed by atoms with Gasteiger partial charge in [0.1, 0.15) is 5.75 Å². The van der Waals surface area contributed by atoms with Crippen LogP contribution in [0.5, 0.6) is 5.75 Å². The molecule has 0 spiro atoms. The van der Waals surface area contributed by atoms with Crippen molar-refractivity contribution < 1.29 is 9.53 Å². The molecule has 0 aliphatic carbocycles. The third kappa shape index (κ3) is 2.11. The summed E-state index contributed by atoms with van der Waals surface area (Å²) in [5, 5.41) is 4.49. The summed E-state index contributed by atoms with van der Waals surface area (Å²) in [6, 6.07) is 8.17. The zero-order valence-electron chi connectivity index (χ0n) is 11.8. The highest BCUT2D eigenvalue weighted by Crippen LogP contribution is 2.34. The van der Waals surface area contributed by atoms with Crippen LogP contribution in [-0.2, 0) is 6.54 Å². The number of para-hydroxylation sites is 1. The molecule has 4 nitrogen and oxygen atoms in total. The van der Waals surface area contributed by atoms with Gasteiger partial charge in [0.2, 0.25) is 0 Å². The molecule has 1 aromatic carbocycles. The maximum absolute atomic E-state index is 11.1. The van der Waals surface area contributed by atoms with Crippen molar-refractivity contribution in [3.63, 3.8) is 0 Å². The number of nitrogens with zero attached hydrogens (tertiary/aromatic N) is 2. The zero-order chi connectivity index (χ0) is 14.1. The lowest BCUT2D eigenvalue weighted by atomic mass is 9.93. The van der Waals surface area contributed by atoms with Gasteiger partial charge in [-0.15, -0.1) is 0 Å². The molecular formula is C16H18N2O2. The van der Waals surface area contributed by atoms with E-state index in [1.165, 1.54) is 5.56 Å². The van der Waals surface area contributed by atoms with E-state index in [1.807, 2.05) is 36.7 Å². The first kappa shape index (κ1) is 12.9. The highest BCUT2D eigenvalue weighted by atomic mass is 16.5. The Morgan fingerprint density at radius 3 is 2.95 bits per heavy atom. The van der Waals surface area contributed by atoms with E-state index in [1.54, 1.807) is 0 Å². The number of ether oxygens (including phenoxy) is 1. The van der Waals surface area contributed by atoms with Gasteiger partial charge in [0.25, 0.3) is 0 Å². The fraction of sp³-hybridized carbons (Fsp3) is 0.375. The van der Waals surface area contributed by atoms with Crippen LogP contribution in [0.1, 0.15) is 39.6 Å². The number of carbonyl (C=O) groups excluding carboxylic acids is 1. The van der Waals surface area contributed by atoms with E-state index >= 15 is 0 Å². The molecule has 0 radical (unpaired) electrons. The maximum atomic E-state index is 11.1. The fourth-order valence-electron chi connectivity index (χ4n) is 2.87. The first-order chi connectivity index (χ1) is 9.70. The molecule has 2 heterocycles. The lowest BCUT2D eigenvalue weighted by molar-refractivity contribution is 0.112. The Hall–Kier alpha value is -2.10. The molecule has 1 aliphatic rings. The summed E-state index contributed by atoms with van der Waals surface area (Å²) in [6.45, 7) is 5.36. The van der Waals surface area contributed by atoms with Crippen molar-refractivity contribution >= 4 is 6.29 Å². The van der Waals surface area contributed by atoms with Crippen LogP contribution in [0, 0.1) is 13.8 Å². The van der Waals surface area contributed by atoms with Crippen LogP contribution in [0.25, 0.3) is 0 Å². The van der Waals surface area contributed by atoms with Gasteiger partial charge < -0.3 is 4.74 Å². The summed E-state index contributed by atoms with van der Waals surface area (Å²) in [7, 11) is 0. The van der Waals surface area contributed by atoms with Crippen molar-refractivity contribution in [1.82, 2.24) is 9.78 Å². The smallest absolute Gasteiger partial charge is 0.153 e. The highest BCUT2D eigenvalue weighted by Gasteiger charge is 2.23. The molecule has 1 aliphatic heterocycles. The molecule has 1 aromatic heterocycles. The van der Waals surface area contributed by atoms with Crippen molar-refractivity contribution in [2.24, 2.45) is 0 Å². The zero-order valence-corrected chi connectivity index (χ0v) is 11.8. The van der Waals surface area contributed by atoms with Gasteiger partial charge in [-0.1, -0.05) is 18.2 Å². The van der Waals surface area contributed by atoms with Crippen molar-refractivity contribution in [3.8, 4) is 5.75 Å². The molecule has 0 amide bonds. The molecule has 3 rings (SSSR count).